The highest BCUT2D eigenvalue weighted by molar-refractivity contribution is 9.09. The molecule has 0 aliphatic carbocycles. The fourth-order valence-electron chi connectivity index (χ4n) is 2.34. The van der Waals surface area contributed by atoms with Gasteiger partial charge in [0.2, 0.25) is 17.7 Å². The highest BCUT2D eigenvalue weighted by atomic mass is 79.9. The quantitative estimate of drug-likeness (QED) is 0.642. The van der Waals surface area contributed by atoms with E-state index in [1.54, 1.807) is 4.90 Å². The third-order valence-electron chi connectivity index (χ3n) is 3.33. The van der Waals surface area contributed by atoms with Crippen LogP contribution in [0.5, 0.6) is 0 Å². The number of nitrogens with zero attached hydrogens (tertiary/aromatic N) is 1. The average Bonchev–Trinajstić information content (AvgIpc) is 2.71. The summed E-state index contributed by atoms with van der Waals surface area (Å²) in [6, 6.07) is -0.505. The van der Waals surface area contributed by atoms with Gasteiger partial charge in [-0.1, -0.05) is 22.9 Å². The fourth-order valence-corrected chi connectivity index (χ4v) is 2.54. The maximum atomic E-state index is 11.9. The number of halogens is 1. The van der Waals surface area contributed by atoms with Crippen molar-refractivity contribution in [2.24, 2.45) is 11.7 Å². The van der Waals surface area contributed by atoms with Crippen molar-refractivity contribution < 1.29 is 14.4 Å². The van der Waals surface area contributed by atoms with E-state index < -0.39 is 11.9 Å². The first-order chi connectivity index (χ1) is 8.99. The van der Waals surface area contributed by atoms with E-state index in [0.29, 0.717) is 25.9 Å². The van der Waals surface area contributed by atoms with Crippen molar-refractivity contribution in [1.82, 2.24) is 10.2 Å². The second-order valence-corrected chi connectivity index (χ2v) is 5.28. The molecule has 0 bridgehead atoms. The predicted octanol–water partition coefficient (Wildman–Crippen LogP) is 0.0000000000000000555. The van der Waals surface area contributed by atoms with Gasteiger partial charge in [-0.3, -0.25) is 14.4 Å². The Labute approximate surface area is 121 Å². The van der Waals surface area contributed by atoms with E-state index in [4.69, 9.17) is 5.73 Å². The molecule has 1 saturated heterocycles. The summed E-state index contributed by atoms with van der Waals surface area (Å²) in [6.07, 6.45) is 1.69. The van der Waals surface area contributed by atoms with Crippen molar-refractivity contribution in [1.29, 1.82) is 0 Å². The molecule has 2 atom stereocenters. The Morgan fingerprint density at radius 2 is 2.26 bits per heavy atom. The van der Waals surface area contributed by atoms with Gasteiger partial charge in [-0.15, -0.1) is 0 Å². The predicted molar refractivity (Wildman–Crippen MR) is 74.5 cm³/mol. The van der Waals surface area contributed by atoms with Gasteiger partial charge in [0.05, 0.1) is 5.33 Å². The number of nitrogens with two attached hydrogens (primary N) is 1. The van der Waals surface area contributed by atoms with Gasteiger partial charge >= 0.3 is 0 Å². The summed E-state index contributed by atoms with van der Waals surface area (Å²) in [5, 5.41) is 3.03. The maximum Gasteiger partial charge on any atom is 0.240 e. The molecule has 19 heavy (non-hydrogen) atoms. The summed E-state index contributed by atoms with van der Waals surface area (Å²) in [7, 11) is 0. The Balaban J connectivity index is 2.44. The molecular weight excluding hydrogens is 314 g/mol. The van der Waals surface area contributed by atoms with Crippen LogP contribution in [0.2, 0.25) is 0 Å². The molecule has 1 fully saturated rings. The van der Waals surface area contributed by atoms with Gasteiger partial charge in [-0.05, 0) is 18.8 Å². The number of hydrogen-bond donors (Lipinski definition) is 2. The molecular formula is C12H20BrN3O3. The molecule has 1 unspecified atom stereocenters. The fraction of sp³-hybridized carbons (Fsp3) is 0.750. The summed E-state index contributed by atoms with van der Waals surface area (Å²) in [4.78, 5) is 35.8. The molecule has 0 aromatic heterocycles. The lowest BCUT2D eigenvalue weighted by Gasteiger charge is -2.24. The van der Waals surface area contributed by atoms with Gasteiger partial charge in [0.15, 0.2) is 0 Å². The smallest absolute Gasteiger partial charge is 0.240 e. The molecule has 1 aliphatic heterocycles. The standard InChI is InChI=1S/C12H20BrN3O3/c1-2-9(12(14)19)16-7-8(5-11(16)18)3-4-15-10(17)6-13/h8-9H,2-7H2,1H3,(H2,14,19)(H,15,17)/t8-,9?/m0/s1. The minimum atomic E-state index is -0.505. The van der Waals surface area contributed by atoms with E-state index in [2.05, 4.69) is 21.2 Å². The molecule has 0 aromatic rings. The zero-order valence-corrected chi connectivity index (χ0v) is 12.6. The lowest BCUT2D eigenvalue weighted by atomic mass is 10.1. The van der Waals surface area contributed by atoms with Gasteiger partial charge in [-0.2, -0.15) is 0 Å². The Morgan fingerprint density at radius 3 is 2.79 bits per heavy atom. The first-order valence-corrected chi connectivity index (χ1v) is 7.53. The Bertz CT molecular complexity index is 362. The highest BCUT2D eigenvalue weighted by Crippen LogP contribution is 2.23. The van der Waals surface area contributed by atoms with Crippen molar-refractivity contribution in [2.45, 2.75) is 32.2 Å². The van der Waals surface area contributed by atoms with Crippen molar-refractivity contribution >= 4 is 33.7 Å². The third-order valence-corrected chi connectivity index (χ3v) is 3.84. The van der Waals surface area contributed by atoms with Gasteiger partial charge in [0.1, 0.15) is 6.04 Å². The van der Waals surface area contributed by atoms with Gasteiger partial charge in [0, 0.05) is 19.5 Å². The summed E-state index contributed by atoms with van der Waals surface area (Å²) in [6.45, 7) is 2.93. The molecule has 1 heterocycles. The van der Waals surface area contributed by atoms with Crippen LogP contribution in [-0.2, 0) is 14.4 Å². The van der Waals surface area contributed by atoms with E-state index in [9.17, 15) is 14.4 Å². The van der Waals surface area contributed by atoms with Gasteiger partial charge in [-0.25, -0.2) is 0 Å². The lowest BCUT2D eigenvalue weighted by Crippen LogP contribution is -2.45. The van der Waals surface area contributed by atoms with E-state index in [1.807, 2.05) is 6.92 Å². The molecule has 3 N–H and O–H groups in total. The lowest BCUT2D eigenvalue weighted by molar-refractivity contribution is -0.136. The normalized spacial score (nSPS) is 20.4. The first kappa shape index (κ1) is 15.9. The Morgan fingerprint density at radius 1 is 1.58 bits per heavy atom. The average molecular weight is 334 g/mol. The Hall–Kier alpha value is -1.11. The number of rotatable bonds is 7. The van der Waals surface area contributed by atoms with E-state index in [-0.39, 0.29) is 23.1 Å². The minimum Gasteiger partial charge on any atom is -0.368 e. The van der Waals surface area contributed by atoms with Crippen molar-refractivity contribution in [3.8, 4) is 0 Å². The summed E-state index contributed by atoms with van der Waals surface area (Å²) >= 11 is 3.07. The number of alkyl halides is 1. The summed E-state index contributed by atoms with van der Waals surface area (Å²) in [5.74, 6) is -0.368. The zero-order chi connectivity index (χ0) is 14.4. The molecule has 0 radical (unpaired) electrons. The molecule has 7 heteroatoms. The number of carbonyl (C=O) groups is 3. The van der Waals surface area contributed by atoms with Gasteiger partial charge in [0.25, 0.3) is 0 Å². The number of nitrogens with one attached hydrogen (secondary N) is 1. The van der Waals surface area contributed by atoms with Crippen LogP contribution in [0, 0.1) is 5.92 Å². The van der Waals surface area contributed by atoms with Crippen LogP contribution in [0.15, 0.2) is 0 Å². The van der Waals surface area contributed by atoms with Crippen LogP contribution >= 0.6 is 15.9 Å². The van der Waals surface area contributed by atoms with Crippen LogP contribution in [0.1, 0.15) is 26.2 Å². The van der Waals surface area contributed by atoms with Crippen molar-refractivity contribution in [3.05, 3.63) is 0 Å². The maximum absolute atomic E-state index is 11.9. The van der Waals surface area contributed by atoms with E-state index >= 15 is 0 Å². The topological polar surface area (TPSA) is 92.5 Å². The van der Waals surface area contributed by atoms with Crippen LogP contribution in [0.3, 0.4) is 0 Å². The second kappa shape index (κ2) is 7.47. The first-order valence-electron chi connectivity index (χ1n) is 6.41. The Kier molecular flexibility index (Phi) is 6.27. The number of likely N-dealkylation sites (tertiary alicyclic amines) is 1. The molecule has 1 aliphatic rings. The molecule has 0 saturated carbocycles. The SMILES string of the molecule is CCC(C(N)=O)N1C[C@@H](CCNC(=O)CBr)CC1=O. The van der Waals surface area contributed by atoms with Gasteiger partial charge < -0.3 is 16.0 Å². The molecule has 108 valence electrons. The number of amides is 3. The van der Waals surface area contributed by atoms with Crippen LogP contribution in [0.25, 0.3) is 0 Å². The number of hydrogen-bond acceptors (Lipinski definition) is 3. The van der Waals surface area contributed by atoms with E-state index in [0.717, 1.165) is 6.42 Å². The zero-order valence-electron chi connectivity index (χ0n) is 11.0. The van der Waals surface area contributed by atoms with Crippen LogP contribution < -0.4 is 11.1 Å². The monoisotopic (exact) mass is 333 g/mol. The third kappa shape index (κ3) is 4.49. The number of primary amides is 1. The van der Waals surface area contributed by atoms with E-state index in [1.165, 1.54) is 0 Å². The summed E-state index contributed by atoms with van der Waals surface area (Å²) < 4.78 is 0. The molecule has 0 aromatic carbocycles. The molecule has 1 rings (SSSR count). The largest absolute Gasteiger partial charge is 0.368 e. The second-order valence-electron chi connectivity index (χ2n) is 4.71. The van der Waals surface area contributed by atoms with Crippen LogP contribution in [0.4, 0.5) is 0 Å². The van der Waals surface area contributed by atoms with Crippen molar-refractivity contribution in [3.63, 3.8) is 0 Å². The minimum absolute atomic E-state index is 0.0255. The number of carbonyl (C=O) groups excluding carboxylic acids is 3. The molecule has 6 nitrogen and oxygen atoms in total. The molecule has 3 amide bonds. The summed E-state index contributed by atoms with van der Waals surface area (Å²) in [5.41, 5.74) is 5.30. The van der Waals surface area contributed by atoms with Crippen molar-refractivity contribution in [2.75, 3.05) is 18.4 Å². The highest BCUT2D eigenvalue weighted by Gasteiger charge is 2.35. The molecule has 0 spiro atoms. The van der Waals surface area contributed by atoms with Crippen LogP contribution in [-0.4, -0.2) is 47.1 Å².